The van der Waals surface area contributed by atoms with Crippen LogP contribution in [0.25, 0.3) is 0 Å². The van der Waals surface area contributed by atoms with Gasteiger partial charge in [-0.25, -0.2) is 4.98 Å². The van der Waals surface area contributed by atoms with Gasteiger partial charge in [0.1, 0.15) is 0 Å². The van der Waals surface area contributed by atoms with E-state index in [1.165, 1.54) is 0 Å². The second-order valence-corrected chi connectivity index (χ2v) is 2.25. The summed E-state index contributed by atoms with van der Waals surface area (Å²) in [4.78, 5) is 8.12. The molecule has 0 radical (unpaired) electrons. The first kappa shape index (κ1) is 6.90. The molecular weight excluding hydrogens is 156 g/mol. The highest BCUT2D eigenvalue weighted by Crippen LogP contribution is 2.22. The largest absolute Gasteiger partial charge is 0.467 e. The molecule has 2 heterocycles. The van der Waals surface area contributed by atoms with Crippen molar-refractivity contribution in [2.45, 2.75) is 0 Å². The molecule has 0 aromatic carbocycles. The molecule has 62 valence electrons. The van der Waals surface area contributed by atoms with Gasteiger partial charge < -0.3 is 4.74 Å². The number of hydrogen-bond acceptors (Lipinski definition) is 5. The maximum absolute atomic E-state index is 4.88. The summed E-state index contributed by atoms with van der Waals surface area (Å²) in [6.07, 6.45) is 1.68. The molecule has 0 unspecified atom stereocenters. The number of nitrogens with zero attached hydrogens (tertiary/aromatic N) is 2. The number of methoxy groups -OCH3 is 1. The number of aliphatic imine (C=N–C) groups is 1. The number of fused-ring (bicyclic) bond motifs is 1. The zero-order valence-corrected chi connectivity index (χ0v) is 6.53. The Morgan fingerprint density at radius 1 is 1.42 bits per heavy atom. The summed E-state index contributed by atoms with van der Waals surface area (Å²) in [7, 11) is 1.54. The first-order chi connectivity index (χ1) is 5.90. The van der Waals surface area contributed by atoms with E-state index < -0.39 is 0 Å². The van der Waals surface area contributed by atoms with Gasteiger partial charge in [0.2, 0.25) is 0 Å². The predicted molar refractivity (Wildman–Crippen MR) is 45.1 cm³/mol. The van der Waals surface area contributed by atoms with Crippen molar-refractivity contribution in [3.05, 3.63) is 18.3 Å². The summed E-state index contributed by atoms with van der Waals surface area (Å²) in [5, 5.41) is 0. The molecule has 1 aromatic heterocycles. The van der Waals surface area contributed by atoms with E-state index in [0.717, 1.165) is 5.69 Å². The zero-order chi connectivity index (χ0) is 8.39. The van der Waals surface area contributed by atoms with E-state index in [-0.39, 0.29) is 0 Å². The van der Waals surface area contributed by atoms with Crippen LogP contribution in [-0.2, 0) is 4.74 Å². The van der Waals surface area contributed by atoms with Crippen LogP contribution in [0.2, 0.25) is 0 Å². The molecule has 0 saturated carbocycles. The van der Waals surface area contributed by atoms with Crippen molar-refractivity contribution in [3.63, 3.8) is 0 Å². The van der Waals surface area contributed by atoms with Gasteiger partial charge in [-0.2, -0.15) is 4.99 Å². The Morgan fingerprint density at radius 2 is 2.33 bits per heavy atom. The molecule has 0 aliphatic carbocycles. The van der Waals surface area contributed by atoms with Crippen molar-refractivity contribution >= 4 is 17.5 Å². The smallest absolute Gasteiger partial charge is 0.310 e. The topological polar surface area (TPSA) is 58.5 Å². The normalized spacial score (nSPS) is 13.6. The van der Waals surface area contributed by atoms with Gasteiger partial charge in [0.15, 0.2) is 5.82 Å². The van der Waals surface area contributed by atoms with Crippen LogP contribution in [0.5, 0.6) is 0 Å². The summed E-state index contributed by atoms with van der Waals surface area (Å²) in [5.74, 6) is 0.633. The number of pyridine rings is 1. The van der Waals surface area contributed by atoms with Gasteiger partial charge in [0, 0.05) is 6.20 Å². The second-order valence-electron chi connectivity index (χ2n) is 2.25. The third kappa shape index (κ3) is 1.05. The van der Waals surface area contributed by atoms with Gasteiger partial charge >= 0.3 is 6.02 Å². The molecule has 1 aliphatic heterocycles. The minimum Gasteiger partial charge on any atom is -0.467 e. The molecule has 2 N–H and O–H groups in total. The van der Waals surface area contributed by atoms with Crippen molar-refractivity contribution < 1.29 is 4.74 Å². The van der Waals surface area contributed by atoms with Crippen LogP contribution in [0, 0.1) is 0 Å². The van der Waals surface area contributed by atoms with Crippen LogP contribution in [-0.4, -0.2) is 18.1 Å². The maximum Gasteiger partial charge on any atom is 0.310 e. The fraction of sp³-hybridized carbons (Fsp3) is 0.143. The highest BCUT2D eigenvalue weighted by molar-refractivity contribution is 5.83. The Balaban J connectivity index is 2.41. The lowest BCUT2D eigenvalue weighted by Gasteiger charge is -2.16. The van der Waals surface area contributed by atoms with E-state index in [9.17, 15) is 0 Å². The van der Waals surface area contributed by atoms with Crippen LogP contribution in [0.4, 0.5) is 11.5 Å². The molecule has 12 heavy (non-hydrogen) atoms. The van der Waals surface area contributed by atoms with E-state index in [1.54, 1.807) is 13.3 Å². The lowest BCUT2D eigenvalue weighted by molar-refractivity contribution is 0.384. The van der Waals surface area contributed by atoms with Gasteiger partial charge in [-0.1, -0.05) is 0 Å². The van der Waals surface area contributed by atoms with Crippen molar-refractivity contribution in [1.29, 1.82) is 0 Å². The number of ether oxygens (including phenoxy) is 1. The minimum absolute atomic E-state index is 0.418. The van der Waals surface area contributed by atoms with E-state index in [0.29, 0.717) is 11.8 Å². The molecule has 5 heteroatoms. The molecule has 0 spiro atoms. The Bertz CT molecular complexity index is 323. The highest BCUT2D eigenvalue weighted by atomic mass is 16.5. The summed E-state index contributed by atoms with van der Waals surface area (Å²) in [6, 6.07) is 4.13. The standard InChI is InChI=1S/C7H8N4O/c1-12-7-9-6-5(10-11-7)3-2-4-8-6/h2-4,10H,1H3,(H,8,9,11). The van der Waals surface area contributed by atoms with E-state index >= 15 is 0 Å². The SMILES string of the molecule is COC1=Nc2ncccc2NN1. The Hall–Kier alpha value is -1.78. The van der Waals surface area contributed by atoms with Gasteiger partial charge in [-0.05, 0) is 12.1 Å². The van der Waals surface area contributed by atoms with Crippen molar-refractivity contribution in [3.8, 4) is 0 Å². The quantitative estimate of drug-likeness (QED) is 0.591. The van der Waals surface area contributed by atoms with Crippen molar-refractivity contribution in [1.82, 2.24) is 10.4 Å². The Morgan fingerprint density at radius 3 is 3.17 bits per heavy atom. The van der Waals surface area contributed by atoms with Crippen LogP contribution >= 0.6 is 0 Å². The minimum atomic E-state index is 0.418. The van der Waals surface area contributed by atoms with Crippen LogP contribution in [0.3, 0.4) is 0 Å². The summed E-state index contributed by atoms with van der Waals surface area (Å²) < 4.78 is 4.88. The molecule has 5 nitrogen and oxygen atoms in total. The van der Waals surface area contributed by atoms with E-state index in [2.05, 4.69) is 20.8 Å². The van der Waals surface area contributed by atoms with Gasteiger partial charge in [-0.15, -0.1) is 0 Å². The third-order valence-electron chi connectivity index (χ3n) is 1.49. The number of nitrogens with one attached hydrogen (secondary N) is 2. The number of anilines is 1. The van der Waals surface area contributed by atoms with Gasteiger partial charge in [0.05, 0.1) is 12.8 Å². The lowest BCUT2D eigenvalue weighted by atomic mass is 10.4. The third-order valence-corrected chi connectivity index (χ3v) is 1.49. The van der Waals surface area contributed by atoms with E-state index in [4.69, 9.17) is 4.74 Å². The molecule has 0 saturated heterocycles. The Kier molecular flexibility index (Phi) is 1.55. The fourth-order valence-electron chi connectivity index (χ4n) is 0.925. The molecule has 1 aliphatic rings. The lowest BCUT2D eigenvalue weighted by Crippen LogP contribution is -2.33. The highest BCUT2D eigenvalue weighted by Gasteiger charge is 2.09. The molecule has 0 fully saturated rings. The Labute approximate surface area is 69.5 Å². The predicted octanol–water partition coefficient (Wildman–Crippen LogP) is 0.646. The molecular formula is C7H8N4O. The van der Waals surface area contributed by atoms with E-state index in [1.807, 2.05) is 12.1 Å². The number of hydrogen-bond donors (Lipinski definition) is 2. The second kappa shape index (κ2) is 2.69. The number of aromatic nitrogens is 1. The molecule has 0 atom stereocenters. The van der Waals surface area contributed by atoms with Crippen LogP contribution in [0.15, 0.2) is 23.3 Å². The monoisotopic (exact) mass is 164 g/mol. The van der Waals surface area contributed by atoms with Crippen molar-refractivity contribution in [2.24, 2.45) is 4.99 Å². The molecule has 0 amide bonds. The average molecular weight is 164 g/mol. The number of hydrazine groups is 1. The summed E-state index contributed by atoms with van der Waals surface area (Å²) in [6.45, 7) is 0. The number of rotatable bonds is 0. The number of amidine groups is 1. The van der Waals surface area contributed by atoms with Gasteiger partial charge in [0.25, 0.3) is 0 Å². The zero-order valence-electron chi connectivity index (χ0n) is 6.53. The molecule has 0 bridgehead atoms. The first-order valence-corrected chi connectivity index (χ1v) is 3.50. The van der Waals surface area contributed by atoms with Crippen molar-refractivity contribution in [2.75, 3.05) is 12.5 Å². The summed E-state index contributed by atoms with van der Waals surface area (Å²) >= 11 is 0. The summed E-state index contributed by atoms with van der Waals surface area (Å²) in [5.41, 5.74) is 6.50. The van der Waals surface area contributed by atoms with Crippen LogP contribution < -0.4 is 10.9 Å². The first-order valence-electron chi connectivity index (χ1n) is 3.50. The fourth-order valence-corrected chi connectivity index (χ4v) is 0.925. The maximum atomic E-state index is 4.88. The van der Waals surface area contributed by atoms with Crippen LogP contribution in [0.1, 0.15) is 0 Å². The average Bonchev–Trinajstić information content (AvgIpc) is 2.17. The van der Waals surface area contributed by atoms with Gasteiger partial charge in [-0.3, -0.25) is 10.9 Å². The molecule has 1 aromatic rings. The molecule has 2 rings (SSSR count).